The maximum Gasteiger partial charge on any atom is 0.306 e. The molecule has 1 nitrogen and oxygen atoms in total. The average Bonchev–Trinajstić information content (AvgIpc) is 2.70. The minimum atomic E-state index is -2.96. The molecule has 1 aliphatic rings. The van der Waals surface area contributed by atoms with Crippen molar-refractivity contribution in [2.24, 2.45) is 0 Å². The van der Waals surface area contributed by atoms with Crippen LogP contribution in [0.1, 0.15) is 16.7 Å². The number of hydrogen-bond acceptors (Lipinski definition) is 1. The topological polar surface area (TPSA) is 12.0 Å². The van der Waals surface area contributed by atoms with Gasteiger partial charge in [0.05, 0.1) is 0 Å². The normalized spacial score (nSPS) is 18.6. The Labute approximate surface area is 116 Å². The van der Waals surface area contributed by atoms with E-state index in [0.29, 0.717) is 5.69 Å². The molecule has 1 atom stereocenters. The number of rotatable bonds is 0. The number of para-hydroxylation sites is 1. The Morgan fingerprint density at radius 2 is 1.75 bits per heavy atom. The van der Waals surface area contributed by atoms with Gasteiger partial charge in [-0.2, -0.15) is 8.78 Å². The number of halogens is 2. The van der Waals surface area contributed by atoms with Crippen molar-refractivity contribution in [3.05, 3.63) is 65.2 Å². The highest BCUT2D eigenvalue weighted by molar-refractivity contribution is 5.62. The summed E-state index contributed by atoms with van der Waals surface area (Å²) in [7, 11) is 0. The molecule has 1 unspecified atom stereocenters. The Kier molecular flexibility index (Phi) is 2.94. The van der Waals surface area contributed by atoms with E-state index in [-0.39, 0.29) is 5.56 Å². The zero-order valence-corrected chi connectivity index (χ0v) is 11.0. The molecule has 0 spiro atoms. The second kappa shape index (κ2) is 4.64. The highest BCUT2D eigenvalue weighted by Crippen LogP contribution is 2.43. The lowest BCUT2D eigenvalue weighted by atomic mass is 10.1. The smallest absolute Gasteiger partial charge is 0.306 e. The first-order valence-electron chi connectivity index (χ1n) is 6.39. The molecule has 1 N–H and O–H groups in total. The molecule has 0 radical (unpaired) electrons. The van der Waals surface area contributed by atoms with E-state index < -0.39 is 12.0 Å². The van der Waals surface area contributed by atoms with E-state index in [1.54, 1.807) is 18.2 Å². The van der Waals surface area contributed by atoms with Gasteiger partial charge in [-0.3, -0.25) is 0 Å². The molecule has 0 bridgehead atoms. The van der Waals surface area contributed by atoms with Gasteiger partial charge >= 0.3 is 5.92 Å². The lowest BCUT2D eigenvalue weighted by molar-refractivity contribution is 0.000141. The summed E-state index contributed by atoms with van der Waals surface area (Å²) in [5.41, 5.74) is 2.33. The first-order chi connectivity index (χ1) is 9.57. The van der Waals surface area contributed by atoms with Crippen LogP contribution in [0.15, 0.2) is 48.5 Å². The fourth-order valence-corrected chi connectivity index (χ4v) is 2.22. The molecule has 2 aromatic carbocycles. The van der Waals surface area contributed by atoms with Gasteiger partial charge in [-0.15, -0.1) is 0 Å². The molecule has 0 saturated heterocycles. The predicted octanol–water partition coefficient (Wildman–Crippen LogP) is 3.93. The zero-order chi connectivity index (χ0) is 14.2. The summed E-state index contributed by atoms with van der Waals surface area (Å²) < 4.78 is 28.4. The Morgan fingerprint density at radius 1 is 1.05 bits per heavy atom. The minimum Gasteiger partial charge on any atom is -0.366 e. The van der Waals surface area contributed by atoms with Crippen molar-refractivity contribution in [2.45, 2.75) is 18.9 Å². The van der Waals surface area contributed by atoms with Crippen molar-refractivity contribution in [3.63, 3.8) is 0 Å². The Morgan fingerprint density at radius 3 is 2.45 bits per heavy atom. The molecule has 0 amide bonds. The van der Waals surface area contributed by atoms with Gasteiger partial charge < -0.3 is 5.32 Å². The second-order valence-electron chi connectivity index (χ2n) is 4.88. The van der Waals surface area contributed by atoms with Crippen LogP contribution in [0.25, 0.3) is 0 Å². The summed E-state index contributed by atoms with van der Waals surface area (Å²) in [5, 5.41) is 2.78. The molecule has 2 aromatic rings. The van der Waals surface area contributed by atoms with E-state index in [1.165, 1.54) is 6.07 Å². The van der Waals surface area contributed by atoms with Gasteiger partial charge in [-0.1, -0.05) is 47.7 Å². The van der Waals surface area contributed by atoms with Gasteiger partial charge in [0, 0.05) is 16.8 Å². The van der Waals surface area contributed by atoms with Crippen molar-refractivity contribution in [1.82, 2.24) is 0 Å². The van der Waals surface area contributed by atoms with Crippen molar-refractivity contribution in [3.8, 4) is 11.8 Å². The monoisotopic (exact) mass is 269 g/mol. The van der Waals surface area contributed by atoms with Crippen LogP contribution in [-0.4, -0.2) is 6.04 Å². The van der Waals surface area contributed by atoms with Crippen LogP contribution >= 0.6 is 0 Å². The van der Waals surface area contributed by atoms with Crippen LogP contribution in [0.2, 0.25) is 0 Å². The van der Waals surface area contributed by atoms with Crippen LogP contribution in [-0.2, 0) is 5.92 Å². The molecular weight excluding hydrogens is 256 g/mol. The van der Waals surface area contributed by atoms with E-state index >= 15 is 0 Å². The van der Waals surface area contributed by atoms with E-state index in [4.69, 9.17) is 0 Å². The summed E-state index contributed by atoms with van der Waals surface area (Å²) >= 11 is 0. The largest absolute Gasteiger partial charge is 0.366 e. The SMILES string of the molecule is Cc1ccc(C#CC2Nc3ccccc3C2(F)F)cc1. The molecule has 1 heterocycles. The quantitative estimate of drug-likeness (QED) is 0.714. The Hall–Kier alpha value is -2.34. The number of hydrogen-bond donors (Lipinski definition) is 1. The highest BCUT2D eigenvalue weighted by Gasteiger charge is 2.47. The first kappa shape index (κ1) is 12.7. The Bertz CT molecular complexity index is 693. The molecule has 0 aliphatic carbocycles. The zero-order valence-electron chi connectivity index (χ0n) is 11.0. The Balaban J connectivity index is 1.89. The molecule has 0 aromatic heterocycles. The summed E-state index contributed by atoms with van der Waals surface area (Å²) in [6, 6.07) is 12.8. The fraction of sp³-hybridized carbons (Fsp3) is 0.176. The number of fused-ring (bicyclic) bond motifs is 1. The molecule has 0 saturated carbocycles. The first-order valence-corrected chi connectivity index (χ1v) is 6.39. The lowest BCUT2D eigenvalue weighted by Crippen LogP contribution is -2.29. The van der Waals surface area contributed by atoms with Crippen molar-refractivity contribution in [1.29, 1.82) is 0 Å². The molecular formula is C17H13F2N. The average molecular weight is 269 g/mol. The van der Waals surface area contributed by atoms with Gasteiger partial charge in [0.15, 0.2) is 6.04 Å². The van der Waals surface area contributed by atoms with Gasteiger partial charge in [0.1, 0.15) is 0 Å². The number of anilines is 1. The number of nitrogens with one attached hydrogen (secondary N) is 1. The van der Waals surface area contributed by atoms with Gasteiger partial charge in [-0.25, -0.2) is 0 Å². The van der Waals surface area contributed by atoms with Crippen LogP contribution in [0, 0.1) is 18.8 Å². The van der Waals surface area contributed by atoms with Crippen LogP contribution in [0.3, 0.4) is 0 Å². The lowest BCUT2D eigenvalue weighted by Gasteiger charge is -2.13. The molecule has 20 heavy (non-hydrogen) atoms. The third-order valence-corrected chi connectivity index (χ3v) is 3.36. The second-order valence-corrected chi connectivity index (χ2v) is 4.88. The summed E-state index contributed by atoms with van der Waals surface area (Å²) in [5.74, 6) is 2.49. The highest BCUT2D eigenvalue weighted by atomic mass is 19.3. The molecule has 3 heteroatoms. The van der Waals surface area contributed by atoms with Crippen molar-refractivity contribution < 1.29 is 8.78 Å². The fourth-order valence-electron chi connectivity index (χ4n) is 2.22. The van der Waals surface area contributed by atoms with Gasteiger partial charge in [-0.05, 0) is 25.1 Å². The van der Waals surface area contributed by atoms with E-state index in [1.807, 2.05) is 31.2 Å². The molecule has 1 aliphatic heterocycles. The third kappa shape index (κ3) is 2.14. The van der Waals surface area contributed by atoms with E-state index in [9.17, 15) is 8.78 Å². The number of aryl methyl sites for hydroxylation is 1. The predicted molar refractivity (Wildman–Crippen MR) is 75.8 cm³/mol. The van der Waals surface area contributed by atoms with Crippen LogP contribution < -0.4 is 5.32 Å². The summed E-state index contributed by atoms with van der Waals surface area (Å²) in [4.78, 5) is 0. The van der Waals surface area contributed by atoms with E-state index in [0.717, 1.165) is 11.1 Å². The molecule has 3 rings (SSSR count). The number of benzene rings is 2. The van der Waals surface area contributed by atoms with Gasteiger partial charge in [0.2, 0.25) is 0 Å². The third-order valence-electron chi connectivity index (χ3n) is 3.36. The van der Waals surface area contributed by atoms with Crippen molar-refractivity contribution >= 4 is 5.69 Å². The molecule has 100 valence electrons. The minimum absolute atomic E-state index is 0.0169. The maximum atomic E-state index is 14.2. The maximum absolute atomic E-state index is 14.2. The van der Waals surface area contributed by atoms with Gasteiger partial charge in [0.25, 0.3) is 0 Å². The van der Waals surface area contributed by atoms with Crippen LogP contribution in [0.4, 0.5) is 14.5 Å². The van der Waals surface area contributed by atoms with E-state index in [2.05, 4.69) is 17.2 Å². The number of alkyl halides is 2. The van der Waals surface area contributed by atoms with Crippen LogP contribution in [0.5, 0.6) is 0 Å². The van der Waals surface area contributed by atoms with Crippen molar-refractivity contribution in [2.75, 3.05) is 5.32 Å². The summed E-state index contributed by atoms with van der Waals surface area (Å²) in [6.07, 6.45) is 0. The molecule has 0 fully saturated rings. The standard InChI is InChI=1S/C17H13F2N/c1-12-6-8-13(9-7-12)10-11-16-17(18,19)14-4-2-3-5-15(14)20-16/h2-9,16,20H,1H3. The summed E-state index contributed by atoms with van der Waals surface area (Å²) in [6.45, 7) is 1.97.